The molecule has 0 N–H and O–H groups in total. The van der Waals surface area contributed by atoms with E-state index in [0.717, 1.165) is 0 Å². The van der Waals surface area contributed by atoms with Gasteiger partial charge in [-0.1, -0.05) is 0 Å². The smallest absolute Gasteiger partial charge is 0.307 e. The summed E-state index contributed by atoms with van der Waals surface area (Å²) in [6.07, 6.45) is 2.64. The van der Waals surface area contributed by atoms with Crippen LogP contribution in [0.15, 0.2) is 12.3 Å². The van der Waals surface area contributed by atoms with E-state index < -0.39 is 24.2 Å². The fourth-order valence-corrected chi connectivity index (χ4v) is 0.956. The Bertz CT molecular complexity index is 291. The molecule has 0 rings (SSSR count). The van der Waals surface area contributed by atoms with Crippen molar-refractivity contribution < 1.29 is 28.6 Å². The molecule has 6 heteroatoms. The zero-order valence-corrected chi connectivity index (χ0v) is 10.1. The van der Waals surface area contributed by atoms with Crippen LogP contribution in [-0.2, 0) is 28.6 Å². The van der Waals surface area contributed by atoms with E-state index in [2.05, 4.69) is 4.74 Å². The lowest BCUT2D eigenvalue weighted by Crippen LogP contribution is -2.22. The van der Waals surface area contributed by atoms with Gasteiger partial charge in [-0.25, -0.2) is 0 Å². The predicted octanol–water partition coefficient (Wildman–Crippen LogP) is 1.30. The van der Waals surface area contributed by atoms with Gasteiger partial charge in [-0.3, -0.25) is 14.4 Å². The quantitative estimate of drug-likeness (QED) is 0.398. The molecule has 96 valence electrons. The molecular weight excluding hydrogens is 228 g/mol. The molecule has 0 heterocycles. The van der Waals surface area contributed by atoms with E-state index in [1.165, 1.54) is 27.0 Å². The maximum Gasteiger partial charge on any atom is 0.307 e. The van der Waals surface area contributed by atoms with Crippen molar-refractivity contribution in [3.63, 3.8) is 0 Å². The number of hydrogen-bond acceptors (Lipinski definition) is 6. The summed E-state index contributed by atoms with van der Waals surface area (Å²) in [4.78, 5) is 31.8. The van der Waals surface area contributed by atoms with Crippen LogP contribution in [0.1, 0.15) is 33.6 Å². The number of esters is 3. The third-order valence-corrected chi connectivity index (χ3v) is 1.49. The minimum atomic E-state index is -0.910. The molecule has 0 fully saturated rings. The Hall–Kier alpha value is -1.85. The topological polar surface area (TPSA) is 78.9 Å². The Morgan fingerprint density at radius 3 is 1.94 bits per heavy atom. The average Bonchev–Trinajstić information content (AvgIpc) is 2.14. The molecule has 0 unspecified atom stereocenters. The van der Waals surface area contributed by atoms with Crippen LogP contribution >= 0.6 is 0 Å². The molecule has 0 amide bonds. The van der Waals surface area contributed by atoms with Gasteiger partial charge in [-0.15, -0.1) is 0 Å². The summed E-state index contributed by atoms with van der Waals surface area (Å²) in [5, 5.41) is 0. The first-order valence-electron chi connectivity index (χ1n) is 5.08. The summed E-state index contributed by atoms with van der Waals surface area (Å²) in [7, 11) is 0. The van der Waals surface area contributed by atoms with Gasteiger partial charge in [0, 0.05) is 27.2 Å². The van der Waals surface area contributed by atoms with Gasteiger partial charge in [-0.05, 0) is 12.5 Å². The molecule has 0 atom stereocenters. The highest BCUT2D eigenvalue weighted by molar-refractivity contribution is 5.68. The summed E-state index contributed by atoms with van der Waals surface area (Å²) in [5.41, 5.74) is 0. The minimum Gasteiger partial charge on any atom is -0.435 e. The Morgan fingerprint density at radius 2 is 1.53 bits per heavy atom. The van der Waals surface area contributed by atoms with E-state index >= 15 is 0 Å². The van der Waals surface area contributed by atoms with Gasteiger partial charge in [0.05, 0.1) is 6.26 Å². The lowest BCUT2D eigenvalue weighted by molar-refractivity contribution is -0.185. The fraction of sp³-hybridized carbons (Fsp3) is 0.545. The normalized spacial score (nSPS) is 10.4. The van der Waals surface area contributed by atoms with E-state index in [0.29, 0.717) is 12.8 Å². The molecule has 0 spiro atoms. The summed E-state index contributed by atoms with van der Waals surface area (Å²) >= 11 is 0. The van der Waals surface area contributed by atoms with Gasteiger partial charge in [0.15, 0.2) is 0 Å². The molecule has 0 aliphatic carbocycles. The molecule has 0 saturated carbocycles. The van der Waals surface area contributed by atoms with Gasteiger partial charge in [0.2, 0.25) is 6.29 Å². The number of rotatable bonds is 6. The van der Waals surface area contributed by atoms with Crippen molar-refractivity contribution in [1.29, 1.82) is 0 Å². The van der Waals surface area contributed by atoms with Crippen LogP contribution in [0.25, 0.3) is 0 Å². The van der Waals surface area contributed by atoms with E-state index in [1.807, 2.05) is 0 Å². The minimum absolute atomic E-state index is 0.303. The van der Waals surface area contributed by atoms with Crippen LogP contribution in [0.2, 0.25) is 0 Å². The number of allylic oxidation sites excluding steroid dienone is 1. The molecule has 6 nitrogen and oxygen atoms in total. The summed E-state index contributed by atoms with van der Waals surface area (Å²) in [6.45, 7) is 3.74. The first kappa shape index (κ1) is 15.2. The summed E-state index contributed by atoms with van der Waals surface area (Å²) in [5.74, 6) is -1.47. The van der Waals surface area contributed by atoms with Crippen molar-refractivity contribution in [1.82, 2.24) is 0 Å². The van der Waals surface area contributed by atoms with Gasteiger partial charge in [0.1, 0.15) is 0 Å². The first-order chi connectivity index (χ1) is 7.91. The van der Waals surface area contributed by atoms with Crippen LogP contribution in [0.3, 0.4) is 0 Å². The number of ether oxygens (including phenoxy) is 3. The monoisotopic (exact) mass is 244 g/mol. The molecule has 0 aliphatic rings. The second kappa shape index (κ2) is 8.32. The number of carbonyl (C=O) groups is 3. The zero-order valence-electron chi connectivity index (χ0n) is 10.1. The second-order valence-corrected chi connectivity index (χ2v) is 3.21. The maximum absolute atomic E-state index is 10.7. The molecule has 0 aliphatic heterocycles. The van der Waals surface area contributed by atoms with Gasteiger partial charge in [0.25, 0.3) is 0 Å². The fourth-order valence-electron chi connectivity index (χ4n) is 0.956. The van der Waals surface area contributed by atoms with E-state index in [-0.39, 0.29) is 0 Å². The first-order valence-corrected chi connectivity index (χ1v) is 5.08. The largest absolute Gasteiger partial charge is 0.435 e. The third kappa shape index (κ3) is 10.4. The van der Waals surface area contributed by atoms with Gasteiger partial charge < -0.3 is 14.2 Å². The standard InChI is InChI=1S/C11H16O6/c1-8(12)15-7-5-4-6-11(16-9(2)13)17-10(3)14/h5,7,11H,4,6H2,1-3H3. The van der Waals surface area contributed by atoms with E-state index in [9.17, 15) is 14.4 Å². The average molecular weight is 244 g/mol. The van der Waals surface area contributed by atoms with E-state index in [4.69, 9.17) is 9.47 Å². The molecular formula is C11H16O6. The number of hydrogen-bond donors (Lipinski definition) is 0. The van der Waals surface area contributed by atoms with Crippen molar-refractivity contribution in [2.75, 3.05) is 0 Å². The molecule has 17 heavy (non-hydrogen) atoms. The zero-order chi connectivity index (χ0) is 13.3. The van der Waals surface area contributed by atoms with E-state index in [1.54, 1.807) is 6.08 Å². The molecule has 0 radical (unpaired) electrons. The van der Waals surface area contributed by atoms with Crippen molar-refractivity contribution in [3.05, 3.63) is 12.3 Å². The highest BCUT2D eigenvalue weighted by atomic mass is 16.7. The van der Waals surface area contributed by atoms with Gasteiger partial charge >= 0.3 is 17.9 Å². The molecule has 0 aromatic carbocycles. The summed E-state index contributed by atoms with van der Waals surface area (Å²) < 4.78 is 14.1. The van der Waals surface area contributed by atoms with Crippen molar-refractivity contribution in [3.8, 4) is 0 Å². The number of carbonyl (C=O) groups excluding carboxylic acids is 3. The lowest BCUT2D eigenvalue weighted by atomic mass is 10.3. The third-order valence-electron chi connectivity index (χ3n) is 1.49. The van der Waals surface area contributed by atoms with Crippen molar-refractivity contribution >= 4 is 17.9 Å². The Labute approximate surface area is 99.5 Å². The van der Waals surface area contributed by atoms with Crippen molar-refractivity contribution in [2.45, 2.75) is 39.9 Å². The Kier molecular flexibility index (Phi) is 7.41. The summed E-state index contributed by atoms with van der Waals surface area (Å²) in [6, 6.07) is 0. The molecule has 0 bridgehead atoms. The SMILES string of the molecule is CC(=O)OC=CCCC(OC(C)=O)OC(C)=O. The molecule has 0 aromatic heterocycles. The highest BCUT2D eigenvalue weighted by Gasteiger charge is 2.13. The predicted molar refractivity (Wildman–Crippen MR) is 57.5 cm³/mol. The van der Waals surface area contributed by atoms with Gasteiger partial charge in [-0.2, -0.15) is 0 Å². The van der Waals surface area contributed by atoms with Crippen LogP contribution in [0.5, 0.6) is 0 Å². The highest BCUT2D eigenvalue weighted by Crippen LogP contribution is 2.06. The van der Waals surface area contributed by atoms with Crippen molar-refractivity contribution in [2.24, 2.45) is 0 Å². The van der Waals surface area contributed by atoms with Crippen LogP contribution in [0.4, 0.5) is 0 Å². The second-order valence-electron chi connectivity index (χ2n) is 3.21. The van der Waals surface area contributed by atoms with Crippen LogP contribution in [-0.4, -0.2) is 24.2 Å². The lowest BCUT2D eigenvalue weighted by Gasteiger charge is -2.15. The Balaban J connectivity index is 3.98. The molecule has 0 aromatic rings. The molecule has 0 saturated heterocycles. The maximum atomic E-state index is 10.7. The Morgan fingerprint density at radius 1 is 1.00 bits per heavy atom. The van der Waals surface area contributed by atoms with Crippen LogP contribution in [0, 0.1) is 0 Å². The van der Waals surface area contributed by atoms with Crippen LogP contribution < -0.4 is 0 Å².